The summed E-state index contributed by atoms with van der Waals surface area (Å²) in [5, 5.41) is 3.33. The van der Waals surface area contributed by atoms with Crippen LogP contribution in [0.5, 0.6) is 0 Å². The van der Waals surface area contributed by atoms with Crippen molar-refractivity contribution in [1.29, 1.82) is 0 Å². The summed E-state index contributed by atoms with van der Waals surface area (Å²) in [6.07, 6.45) is 6.90. The van der Waals surface area contributed by atoms with E-state index in [4.69, 9.17) is 10.5 Å². The van der Waals surface area contributed by atoms with Crippen LogP contribution in [0.15, 0.2) is 12.3 Å². The third kappa shape index (κ3) is 2.44. The molecule has 3 rings (SSSR count). The number of nitrogens with zero attached hydrogens (tertiary/aromatic N) is 1. The van der Waals surface area contributed by atoms with E-state index >= 15 is 0 Å². The van der Waals surface area contributed by atoms with E-state index in [1.807, 2.05) is 0 Å². The molecule has 0 spiro atoms. The first kappa shape index (κ1) is 13.2. The van der Waals surface area contributed by atoms with E-state index in [0.29, 0.717) is 29.1 Å². The number of ether oxygens (including phenoxy) is 1. The van der Waals surface area contributed by atoms with E-state index < -0.39 is 5.97 Å². The fourth-order valence-corrected chi connectivity index (χ4v) is 2.85. The average Bonchev–Trinajstić information content (AvgIpc) is 3.29. The van der Waals surface area contributed by atoms with Crippen LogP contribution in [0.2, 0.25) is 0 Å². The molecular weight excluding hydrogens is 254 g/mol. The van der Waals surface area contributed by atoms with Crippen molar-refractivity contribution in [3.8, 4) is 0 Å². The fourth-order valence-electron chi connectivity index (χ4n) is 2.85. The van der Waals surface area contributed by atoms with Gasteiger partial charge in [0.1, 0.15) is 5.82 Å². The van der Waals surface area contributed by atoms with E-state index in [-0.39, 0.29) is 0 Å². The Morgan fingerprint density at radius 1 is 1.55 bits per heavy atom. The second-order valence-corrected chi connectivity index (χ2v) is 5.83. The lowest BCUT2D eigenvalue weighted by Gasteiger charge is -2.17. The van der Waals surface area contributed by atoms with Crippen LogP contribution in [-0.2, 0) is 4.74 Å². The predicted molar refractivity (Wildman–Crippen MR) is 77.5 cm³/mol. The minimum atomic E-state index is -0.390. The highest BCUT2D eigenvalue weighted by atomic mass is 16.5. The maximum absolute atomic E-state index is 11.8. The number of hydrogen-bond acceptors (Lipinski definition) is 5. The standard InChI is InChI=1S/C15H21N3O2/c1-2-20-14(19)11-5-8-17-13(12(11)16)18-9-15(6-7-15)10-3-4-10/h5,8,10H,2-4,6-7,9,16H2,1H3,(H,17,18). The van der Waals surface area contributed by atoms with Crippen molar-refractivity contribution in [3.05, 3.63) is 17.8 Å². The first-order chi connectivity index (χ1) is 9.66. The molecule has 0 atom stereocenters. The third-order valence-corrected chi connectivity index (χ3v) is 4.43. The Balaban J connectivity index is 1.70. The zero-order chi connectivity index (χ0) is 14.2. The summed E-state index contributed by atoms with van der Waals surface area (Å²) in [6.45, 7) is 3.02. The highest BCUT2D eigenvalue weighted by molar-refractivity contribution is 5.97. The Morgan fingerprint density at radius 3 is 2.90 bits per heavy atom. The van der Waals surface area contributed by atoms with Crippen molar-refractivity contribution in [3.63, 3.8) is 0 Å². The quantitative estimate of drug-likeness (QED) is 0.780. The minimum Gasteiger partial charge on any atom is -0.462 e. The summed E-state index contributed by atoms with van der Waals surface area (Å²) in [5.74, 6) is 1.09. The highest BCUT2D eigenvalue weighted by Gasteiger charge is 2.53. The average molecular weight is 275 g/mol. The summed E-state index contributed by atoms with van der Waals surface area (Å²) < 4.78 is 5.00. The second-order valence-electron chi connectivity index (χ2n) is 5.83. The van der Waals surface area contributed by atoms with Crippen molar-refractivity contribution in [1.82, 2.24) is 4.98 Å². The first-order valence-corrected chi connectivity index (χ1v) is 7.32. The number of anilines is 2. The maximum atomic E-state index is 11.8. The van der Waals surface area contributed by atoms with Crippen molar-refractivity contribution in [2.45, 2.75) is 32.6 Å². The molecule has 0 radical (unpaired) electrons. The van der Waals surface area contributed by atoms with Crippen LogP contribution in [0.3, 0.4) is 0 Å². The Bertz CT molecular complexity index is 522. The largest absolute Gasteiger partial charge is 0.462 e. The van der Waals surface area contributed by atoms with Gasteiger partial charge >= 0.3 is 5.97 Å². The lowest BCUT2D eigenvalue weighted by molar-refractivity contribution is 0.0527. The predicted octanol–water partition coefficient (Wildman–Crippen LogP) is 2.44. The van der Waals surface area contributed by atoms with Crippen LogP contribution in [0.4, 0.5) is 11.5 Å². The molecule has 5 heteroatoms. The molecule has 0 amide bonds. The molecule has 0 bridgehead atoms. The molecule has 20 heavy (non-hydrogen) atoms. The number of carbonyl (C=O) groups excluding carboxylic acids is 1. The van der Waals surface area contributed by atoms with Gasteiger partial charge in [-0.15, -0.1) is 0 Å². The lowest BCUT2D eigenvalue weighted by atomic mass is 10.0. The number of nitrogen functional groups attached to an aromatic ring is 1. The van der Waals surface area contributed by atoms with E-state index in [2.05, 4.69) is 10.3 Å². The summed E-state index contributed by atoms with van der Waals surface area (Å²) in [6, 6.07) is 1.60. The van der Waals surface area contributed by atoms with Crippen LogP contribution >= 0.6 is 0 Å². The van der Waals surface area contributed by atoms with Crippen LogP contribution in [-0.4, -0.2) is 24.1 Å². The normalized spacial score (nSPS) is 19.4. The Morgan fingerprint density at radius 2 is 2.30 bits per heavy atom. The number of hydrogen-bond donors (Lipinski definition) is 2. The number of nitrogens with one attached hydrogen (secondary N) is 1. The number of rotatable bonds is 6. The molecule has 0 saturated heterocycles. The van der Waals surface area contributed by atoms with Crippen molar-refractivity contribution >= 4 is 17.5 Å². The van der Waals surface area contributed by atoms with Gasteiger partial charge in [0.15, 0.2) is 0 Å². The molecule has 2 fully saturated rings. The van der Waals surface area contributed by atoms with Gasteiger partial charge in [0.2, 0.25) is 0 Å². The Hall–Kier alpha value is -1.78. The number of aromatic nitrogens is 1. The van der Waals surface area contributed by atoms with E-state index in [1.54, 1.807) is 19.2 Å². The second kappa shape index (κ2) is 4.96. The fraction of sp³-hybridized carbons (Fsp3) is 0.600. The first-order valence-electron chi connectivity index (χ1n) is 7.32. The zero-order valence-corrected chi connectivity index (χ0v) is 11.8. The summed E-state index contributed by atoms with van der Waals surface area (Å²) in [5.41, 5.74) is 7.27. The molecule has 0 unspecified atom stereocenters. The van der Waals surface area contributed by atoms with Crippen molar-refractivity contribution in [2.75, 3.05) is 24.2 Å². The molecule has 108 valence electrons. The molecular formula is C15H21N3O2. The smallest absolute Gasteiger partial charge is 0.340 e. The Labute approximate surface area is 118 Å². The van der Waals surface area contributed by atoms with Gasteiger partial charge in [-0.25, -0.2) is 9.78 Å². The molecule has 1 aromatic heterocycles. The van der Waals surface area contributed by atoms with Gasteiger partial charge in [-0.1, -0.05) is 0 Å². The molecule has 2 saturated carbocycles. The van der Waals surface area contributed by atoms with Gasteiger partial charge in [0, 0.05) is 12.7 Å². The number of nitrogens with two attached hydrogens (primary N) is 1. The topological polar surface area (TPSA) is 77.2 Å². The monoisotopic (exact) mass is 275 g/mol. The molecule has 5 nitrogen and oxygen atoms in total. The van der Waals surface area contributed by atoms with Crippen LogP contribution < -0.4 is 11.1 Å². The summed E-state index contributed by atoms with van der Waals surface area (Å²) >= 11 is 0. The van der Waals surface area contributed by atoms with Crippen LogP contribution in [0.1, 0.15) is 43.0 Å². The van der Waals surface area contributed by atoms with E-state index in [1.165, 1.54) is 25.7 Å². The summed E-state index contributed by atoms with van der Waals surface area (Å²) in [4.78, 5) is 16.0. The molecule has 2 aliphatic rings. The van der Waals surface area contributed by atoms with Gasteiger partial charge in [-0.2, -0.15) is 0 Å². The van der Waals surface area contributed by atoms with Gasteiger partial charge < -0.3 is 15.8 Å². The minimum absolute atomic E-state index is 0.341. The molecule has 1 heterocycles. The van der Waals surface area contributed by atoms with E-state index in [0.717, 1.165) is 12.5 Å². The van der Waals surface area contributed by atoms with Crippen LogP contribution in [0.25, 0.3) is 0 Å². The van der Waals surface area contributed by atoms with Crippen molar-refractivity contribution in [2.24, 2.45) is 11.3 Å². The number of pyridine rings is 1. The van der Waals surface area contributed by atoms with Gasteiger partial charge in [-0.05, 0) is 50.0 Å². The third-order valence-electron chi connectivity index (χ3n) is 4.43. The summed E-state index contributed by atoms with van der Waals surface area (Å²) in [7, 11) is 0. The molecule has 2 aliphatic carbocycles. The van der Waals surface area contributed by atoms with E-state index in [9.17, 15) is 4.79 Å². The molecule has 1 aromatic rings. The Kier molecular flexibility index (Phi) is 3.28. The van der Waals surface area contributed by atoms with Gasteiger partial charge in [-0.3, -0.25) is 0 Å². The van der Waals surface area contributed by atoms with Gasteiger partial charge in [0.05, 0.1) is 17.9 Å². The zero-order valence-electron chi connectivity index (χ0n) is 11.8. The SMILES string of the molecule is CCOC(=O)c1ccnc(NCC2(C3CC3)CC2)c1N. The van der Waals surface area contributed by atoms with Gasteiger partial charge in [0.25, 0.3) is 0 Å². The number of esters is 1. The maximum Gasteiger partial charge on any atom is 0.340 e. The lowest BCUT2D eigenvalue weighted by Crippen LogP contribution is -2.19. The van der Waals surface area contributed by atoms with Crippen LogP contribution in [0, 0.1) is 11.3 Å². The number of carbonyl (C=O) groups is 1. The highest BCUT2D eigenvalue weighted by Crippen LogP contribution is 2.61. The molecule has 0 aromatic carbocycles. The molecule has 3 N–H and O–H groups in total. The van der Waals surface area contributed by atoms with Crippen molar-refractivity contribution < 1.29 is 9.53 Å². The molecule has 0 aliphatic heterocycles.